The van der Waals surface area contributed by atoms with Crippen LogP contribution in [-0.2, 0) is 6.54 Å². The quantitative estimate of drug-likeness (QED) is 0.773. The van der Waals surface area contributed by atoms with Gasteiger partial charge in [0.25, 0.3) is 0 Å². The molecule has 1 aromatic heterocycles. The van der Waals surface area contributed by atoms with Crippen molar-refractivity contribution in [1.29, 1.82) is 0 Å². The molecule has 0 unspecified atom stereocenters. The van der Waals surface area contributed by atoms with Gasteiger partial charge < -0.3 is 10.4 Å². The third kappa shape index (κ3) is 3.50. The van der Waals surface area contributed by atoms with E-state index in [0.717, 1.165) is 36.5 Å². The largest absolute Gasteiger partial charge is 0.387 e. The van der Waals surface area contributed by atoms with Crippen LogP contribution in [-0.4, -0.2) is 52.5 Å². The predicted molar refractivity (Wildman–Crippen MR) is 82.8 cm³/mol. The van der Waals surface area contributed by atoms with Gasteiger partial charge in [0, 0.05) is 30.9 Å². The van der Waals surface area contributed by atoms with E-state index in [1.54, 1.807) is 0 Å². The molecule has 2 heterocycles. The Hall–Kier alpha value is -1.69. The highest BCUT2D eigenvalue weighted by molar-refractivity contribution is 5.58. The molecule has 3 rings (SSSR count). The van der Waals surface area contributed by atoms with Gasteiger partial charge in [0.05, 0.1) is 11.3 Å². The molecule has 21 heavy (non-hydrogen) atoms. The molecule has 1 atom stereocenters. The van der Waals surface area contributed by atoms with E-state index in [1.165, 1.54) is 0 Å². The van der Waals surface area contributed by atoms with E-state index in [0.29, 0.717) is 13.1 Å². The fraction of sp³-hybridized carbons (Fsp3) is 0.438. The highest BCUT2D eigenvalue weighted by Gasteiger charge is 2.32. The molecule has 1 aromatic carbocycles. The fourth-order valence-electron chi connectivity index (χ4n) is 2.91. The van der Waals surface area contributed by atoms with Gasteiger partial charge in [0.2, 0.25) is 0 Å². The maximum atomic E-state index is 10.4. The summed E-state index contributed by atoms with van der Waals surface area (Å²) >= 11 is 0. The topological polar surface area (TPSA) is 64.2 Å². The lowest BCUT2D eigenvalue weighted by Gasteiger charge is -2.27. The first-order chi connectivity index (χ1) is 10.1. The third-order valence-corrected chi connectivity index (χ3v) is 3.93. The Morgan fingerprint density at radius 1 is 1.33 bits per heavy atom. The van der Waals surface area contributed by atoms with E-state index in [4.69, 9.17) is 0 Å². The number of hydrogen-bond acceptors (Lipinski definition) is 4. The molecule has 0 amide bonds. The summed E-state index contributed by atoms with van der Waals surface area (Å²) in [6.07, 6.45) is 0.815. The molecule has 0 aliphatic carbocycles. The molecule has 0 bridgehead atoms. The van der Waals surface area contributed by atoms with Crippen molar-refractivity contribution >= 4 is 0 Å². The van der Waals surface area contributed by atoms with E-state index < -0.39 is 5.60 Å². The van der Waals surface area contributed by atoms with Crippen LogP contribution in [0.4, 0.5) is 0 Å². The van der Waals surface area contributed by atoms with Crippen LogP contribution in [0.2, 0.25) is 0 Å². The van der Waals surface area contributed by atoms with E-state index in [1.807, 2.05) is 25.2 Å². The molecule has 0 spiro atoms. The second-order valence-electron chi connectivity index (χ2n) is 5.97. The minimum atomic E-state index is -0.600. The molecule has 2 aromatic rings. The molecule has 0 radical (unpaired) electrons. The van der Waals surface area contributed by atoms with Crippen molar-refractivity contribution in [1.82, 2.24) is 20.4 Å². The second kappa shape index (κ2) is 5.97. The number of benzene rings is 1. The summed E-state index contributed by atoms with van der Waals surface area (Å²) in [4.78, 5) is 2.13. The number of aromatic amines is 1. The maximum Gasteiger partial charge on any atom is 0.0924 e. The number of H-pyrrole nitrogens is 1. The predicted octanol–water partition coefficient (Wildman–Crippen LogP) is 1.23. The van der Waals surface area contributed by atoms with Crippen LogP contribution in [0, 0.1) is 0 Å². The number of nitrogens with zero attached hydrogens (tertiary/aromatic N) is 2. The van der Waals surface area contributed by atoms with Crippen molar-refractivity contribution in [2.24, 2.45) is 0 Å². The molecule has 0 saturated carbocycles. The Kier molecular flexibility index (Phi) is 4.05. The van der Waals surface area contributed by atoms with Crippen LogP contribution in [0.5, 0.6) is 0 Å². The summed E-state index contributed by atoms with van der Waals surface area (Å²) in [5.41, 5.74) is 2.53. The number of hydrogen-bond donors (Lipinski definition) is 3. The number of aromatic nitrogens is 2. The minimum absolute atomic E-state index is 0.600. The van der Waals surface area contributed by atoms with Crippen LogP contribution in [0.25, 0.3) is 11.3 Å². The van der Waals surface area contributed by atoms with Crippen LogP contribution < -0.4 is 5.32 Å². The second-order valence-corrected chi connectivity index (χ2v) is 5.97. The zero-order valence-electron chi connectivity index (χ0n) is 12.3. The van der Waals surface area contributed by atoms with Crippen molar-refractivity contribution in [2.45, 2.75) is 18.6 Å². The van der Waals surface area contributed by atoms with Gasteiger partial charge in [-0.1, -0.05) is 30.3 Å². The lowest BCUT2D eigenvalue weighted by Crippen LogP contribution is -2.42. The lowest BCUT2D eigenvalue weighted by atomic mass is 10.0. The summed E-state index contributed by atoms with van der Waals surface area (Å²) < 4.78 is 0. The van der Waals surface area contributed by atoms with Gasteiger partial charge in [-0.3, -0.25) is 10.00 Å². The van der Waals surface area contributed by atoms with Crippen molar-refractivity contribution < 1.29 is 5.11 Å². The smallest absolute Gasteiger partial charge is 0.0924 e. The SMILES string of the molecule is CN(Cc1cc(-c2ccccc2)n[nH]1)C[C@@]1(O)CCNC1. The summed E-state index contributed by atoms with van der Waals surface area (Å²) in [5, 5.41) is 21.0. The van der Waals surface area contributed by atoms with Crippen molar-refractivity contribution in [3.63, 3.8) is 0 Å². The lowest BCUT2D eigenvalue weighted by molar-refractivity contribution is 0.0261. The van der Waals surface area contributed by atoms with Crippen molar-refractivity contribution in [2.75, 3.05) is 26.7 Å². The first-order valence-corrected chi connectivity index (χ1v) is 7.36. The average Bonchev–Trinajstić information content (AvgIpc) is 3.09. The van der Waals surface area contributed by atoms with E-state index in [9.17, 15) is 5.11 Å². The summed E-state index contributed by atoms with van der Waals surface area (Å²) in [5.74, 6) is 0. The minimum Gasteiger partial charge on any atom is -0.387 e. The molecule has 112 valence electrons. The molecule has 1 saturated heterocycles. The van der Waals surface area contributed by atoms with Crippen molar-refractivity contribution in [3.8, 4) is 11.3 Å². The zero-order valence-corrected chi connectivity index (χ0v) is 12.3. The maximum absolute atomic E-state index is 10.4. The molecular weight excluding hydrogens is 264 g/mol. The normalized spacial score (nSPS) is 22.0. The third-order valence-electron chi connectivity index (χ3n) is 3.93. The van der Waals surface area contributed by atoms with E-state index in [-0.39, 0.29) is 0 Å². The molecule has 5 heteroatoms. The number of likely N-dealkylation sites (N-methyl/N-ethyl adjacent to an activating group) is 1. The van der Waals surface area contributed by atoms with Crippen LogP contribution in [0.1, 0.15) is 12.1 Å². The number of nitrogens with one attached hydrogen (secondary N) is 2. The zero-order chi connectivity index (χ0) is 14.7. The van der Waals surface area contributed by atoms with Crippen LogP contribution in [0.3, 0.4) is 0 Å². The molecule has 1 aliphatic heterocycles. The van der Waals surface area contributed by atoms with Crippen LogP contribution >= 0.6 is 0 Å². The van der Waals surface area contributed by atoms with Gasteiger partial charge in [-0.25, -0.2) is 0 Å². The van der Waals surface area contributed by atoms with Crippen molar-refractivity contribution in [3.05, 3.63) is 42.1 Å². The Morgan fingerprint density at radius 2 is 2.14 bits per heavy atom. The van der Waals surface area contributed by atoms with Gasteiger partial charge in [-0.15, -0.1) is 0 Å². The Balaban J connectivity index is 1.62. The molecular formula is C16H22N4O. The number of β-amino-alcohol motifs (C(OH)–C–C–N with tert-alkyl or cyclic N) is 1. The Labute approximate surface area is 125 Å². The molecule has 1 fully saturated rings. The highest BCUT2D eigenvalue weighted by atomic mass is 16.3. The molecule has 3 N–H and O–H groups in total. The fourth-order valence-corrected chi connectivity index (χ4v) is 2.91. The van der Waals surface area contributed by atoms with Gasteiger partial charge in [0.15, 0.2) is 0 Å². The van der Waals surface area contributed by atoms with Crippen LogP contribution in [0.15, 0.2) is 36.4 Å². The van der Waals surface area contributed by atoms with E-state index >= 15 is 0 Å². The molecule has 1 aliphatic rings. The van der Waals surface area contributed by atoms with Gasteiger partial charge >= 0.3 is 0 Å². The van der Waals surface area contributed by atoms with E-state index in [2.05, 4.69) is 38.6 Å². The number of rotatable bonds is 5. The standard InChI is InChI=1S/C16H22N4O/c1-20(12-16(21)7-8-17-11-16)10-14-9-15(19-18-14)13-5-3-2-4-6-13/h2-6,9,17,21H,7-8,10-12H2,1H3,(H,18,19)/t16-/m1/s1. The Morgan fingerprint density at radius 3 is 2.86 bits per heavy atom. The highest BCUT2D eigenvalue weighted by Crippen LogP contribution is 2.19. The van der Waals surface area contributed by atoms with Gasteiger partial charge in [-0.2, -0.15) is 5.10 Å². The van der Waals surface area contributed by atoms with Gasteiger partial charge in [0.1, 0.15) is 0 Å². The molecule has 5 nitrogen and oxygen atoms in total. The first-order valence-electron chi connectivity index (χ1n) is 7.36. The monoisotopic (exact) mass is 286 g/mol. The summed E-state index contributed by atoms with van der Waals surface area (Å²) in [6, 6.07) is 12.2. The summed E-state index contributed by atoms with van der Waals surface area (Å²) in [7, 11) is 2.03. The average molecular weight is 286 g/mol. The Bertz CT molecular complexity index is 575. The van der Waals surface area contributed by atoms with Gasteiger partial charge in [-0.05, 0) is 26.1 Å². The number of aliphatic hydroxyl groups is 1. The summed E-state index contributed by atoms with van der Waals surface area (Å²) in [6.45, 7) is 2.99. The first kappa shape index (κ1) is 14.3.